The highest BCUT2D eigenvalue weighted by atomic mass is 16.5. The quantitative estimate of drug-likeness (QED) is 0.509. The third-order valence-electron chi connectivity index (χ3n) is 2.17. The third kappa shape index (κ3) is 4.18. The maximum Gasteiger partial charge on any atom is 0.329 e. The van der Waals surface area contributed by atoms with Gasteiger partial charge in [0.1, 0.15) is 0 Å². The highest BCUT2D eigenvalue weighted by Gasteiger charge is 2.34. The van der Waals surface area contributed by atoms with Crippen LogP contribution in [-0.2, 0) is 19.1 Å². The van der Waals surface area contributed by atoms with Gasteiger partial charge in [0.15, 0.2) is 11.8 Å². The number of hydrogen-bond donors (Lipinski definition) is 2. The molecule has 8 heteroatoms. The molecule has 20 heavy (non-hydrogen) atoms. The van der Waals surface area contributed by atoms with Crippen LogP contribution in [0.25, 0.3) is 0 Å². The second-order valence-electron chi connectivity index (χ2n) is 3.46. The highest BCUT2D eigenvalue weighted by Crippen LogP contribution is 2.09. The van der Waals surface area contributed by atoms with E-state index in [2.05, 4.69) is 9.47 Å². The van der Waals surface area contributed by atoms with E-state index >= 15 is 0 Å². The molecule has 0 aliphatic heterocycles. The smallest absolute Gasteiger partial charge is 0.329 e. The Labute approximate surface area is 115 Å². The van der Waals surface area contributed by atoms with E-state index in [1.165, 1.54) is 26.0 Å². The summed E-state index contributed by atoms with van der Waals surface area (Å²) in [6, 6.07) is 3.03. The molecule has 2 unspecified atom stereocenters. The molecule has 0 aliphatic rings. The standard InChI is InChI=1S/C12H14N4O4/c1-3-19-11(17)7(5-13)9(15)10(16)8(6-14)12(18)20-4-2/h7-8,15-16H,3-4H2,1-2H3. The average molecular weight is 278 g/mol. The Morgan fingerprint density at radius 1 is 0.950 bits per heavy atom. The molecule has 0 aliphatic carbocycles. The normalized spacial score (nSPS) is 12.2. The second-order valence-corrected chi connectivity index (χ2v) is 3.46. The van der Waals surface area contributed by atoms with E-state index < -0.39 is 35.2 Å². The number of rotatable bonds is 7. The minimum Gasteiger partial charge on any atom is -0.465 e. The molecule has 0 spiro atoms. The Balaban J connectivity index is 5.12. The third-order valence-corrected chi connectivity index (χ3v) is 2.17. The lowest BCUT2D eigenvalue weighted by Crippen LogP contribution is -2.36. The van der Waals surface area contributed by atoms with Gasteiger partial charge < -0.3 is 20.3 Å². The van der Waals surface area contributed by atoms with Gasteiger partial charge in [-0.05, 0) is 13.8 Å². The zero-order valence-corrected chi connectivity index (χ0v) is 11.1. The second kappa shape index (κ2) is 8.38. The molecule has 0 fully saturated rings. The first kappa shape index (κ1) is 17.3. The summed E-state index contributed by atoms with van der Waals surface area (Å²) >= 11 is 0. The van der Waals surface area contributed by atoms with Gasteiger partial charge in [0.2, 0.25) is 0 Å². The fraction of sp³-hybridized carbons (Fsp3) is 0.500. The minimum absolute atomic E-state index is 0.0111. The van der Waals surface area contributed by atoms with Crippen molar-refractivity contribution in [2.24, 2.45) is 11.8 Å². The van der Waals surface area contributed by atoms with Crippen molar-refractivity contribution in [1.82, 2.24) is 0 Å². The number of esters is 2. The van der Waals surface area contributed by atoms with E-state index in [9.17, 15) is 9.59 Å². The van der Waals surface area contributed by atoms with Crippen LogP contribution >= 0.6 is 0 Å². The first-order valence-corrected chi connectivity index (χ1v) is 5.74. The van der Waals surface area contributed by atoms with Gasteiger partial charge in [-0.2, -0.15) is 10.5 Å². The highest BCUT2D eigenvalue weighted by molar-refractivity contribution is 6.47. The molecule has 0 saturated heterocycles. The van der Waals surface area contributed by atoms with Crippen molar-refractivity contribution < 1.29 is 19.1 Å². The van der Waals surface area contributed by atoms with Crippen LogP contribution in [0.1, 0.15) is 13.8 Å². The summed E-state index contributed by atoms with van der Waals surface area (Å²) in [5, 5.41) is 32.9. The van der Waals surface area contributed by atoms with Crippen LogP contribution in [0, 0.1) is 45.3 Å². The lowest BCUT2D eigenvalue weighted by molar-refractivity contribution is -0.145. The number of nitrogens with one attached hydrogen (secondary N) is 2. The summed E-state index contributed by atoms with van der Waals surface area (Å²) in [5.74, 6) is -5.28. The van der Waals surface area contributed by atoms with Gasteiger partial charge in [0.25, 0.3) is 0 Å². The van der Waals surface area contributed by atoms with E-state index in [1.807, 2.05) is 0 Å². The molecule has 0 radical (unpaired) electrons. The zero-order valence-electron chi connectivity index (χ0n) is 11.1. The lowest BCUT2D eigenvalue weighted by atomic mass is 9.93. The maximum atomic E-state index is 11.4. The van der Waals surface area contributed by atoms with E-state index in [-0.39, 0.29) is 13.2 Å². The van der Waals surface area contributed by atoms with Gasteiger partial charge in [0, 0.05) is 0 Å². The topological polar surface area (TPSA) is 148 Å². The summed E-state index contributed by atoms with van der Waals surface area (Å²) in [6.07, 6.45) is 0. The molecule has 0 aromatic carbocycles. The van der Waals surface area contributed by atoms with E-state index in [4.69, 9.17) is 21.3 Å². The predicted octanol–water partition coefficient (Wildman–Crippen LogP) is 0.432. The van der Waals surface area contributed by atoms with Gasteiger partial charge >= 0.3 is 11.9 Å². The van der Waals surface area contributed by atoms with Crippen LogP contribution < -0.4 is 0 Å². The van der Waals surface area contributed by atoms with E-state index in [1.54, 1.807) is 0 Å². The van der Waals surface area contributed by atoms with Gasteiger partial charge in [-0.3, -0.25) is 9.59 Å². The molecule has 0 rings (SSSR count). The van der Waals surface area contributed by atoms with Crippen molar-refractivity contribution in [3.63, 3.8) is 0 Å². The van der Waals surface area contributed by atoms with Crippen molar-refractivity contribution in [1.29, 1.82) is 21.3 Å². The largest absolute Gasteiger partial charge is 0.465 e. The summed E-state index contributed by atoms with van der Waals surface area (Å²) in [4.78, 5) is 22.9. The van der Waals surface area contributed by atoms with Crippen LogP contribution in [0.15, 0.2) is 0 Å². The number of hydrogen-bond acceptors (Lipinski definition) is 8. The van der Waals surface area contributed by atoms with E-state index in [0.717, 1.165) is 0 Å². The molecular formula is C12H14N4O4. The van der Waals surface area contributed by atoms with Gasteiger partial charge in [-0.25, -0.2) is 0 Å². The Morgan fingerprint density at radius 2 is 1.25 bits per heavy atom. The molecule has 0 aromatic rings. The molecule has 106 valence electrons. The average Bonchev–Trinajstić information content (AvgIpc) is 2.40. The Bertz CT molecular complexity index is 455. The first-order chi connectivity index (χ1) is 9.44. The van der Waals surface area contributed by atoms with Crippen molar-refractivity contribution in [2.45, 2.75) is 13.8 Å². The fourth-order valence-electron chi connectivity index (χ4n) is 1.23. The zero-order chi connectivity index (χ0) is 15.7. The summed E-state index contributed by atoms with van der Waals surface area (Å²) in [7, 11) is 0. The molecule has 0 saturated carbocycles. The maximum absolute atomic E-state index is 11.4. The number of carbonyl (C=O) groups excluding carboxylic acids is 2. The summed E-state index contributed by atoms with van der Waals surface area (Å²) in [6.45, 7) is 3.07. The molecule has 0 amide bonds. The Kier molecular flexibility index (Phi) is 7.23. The SMILES string of the molecule is CCOC(=O)C(C#N)C(=N)C(=N)C(C#N)C(=O)OCC. The molecule has 0 aromatic heterocycles. The van der Waals surface area contributed by atoms with Gasteiger partial charge in [0.05, 0.1) is 36.8 Å². The summed E-state index contributed by atoms with van der Waals surface area (Å²) in [5.41, 5.74) is -1.49. The van der Waals surface area contributed by atoms with Gasteiger partial charge in [-0.1, -0.05) is 0 Å². The number of ether oxygens (including phenoxy) is 2. The van der Waals surface area contributed by atoms with Crippen LogP contribution in [0.3, 0.4) is 0 Å². The molecule has 0 heterocycles. The van der Waals surface area contributed by atoms with Crippen LogP contribution in [0.4, 0.5) is 0 Å². The predicted molar refractivity (Wildman–Crippen MR) is 66.9 cm³/mol. The fourth-order valence-corrected chi connectivity index (χ4v) is 1.23. The first-order valence-electron chi connectivity index (χ1n) is 5.74. The van der Waals surface area contributed by atoms with Crippen molar-refractivity contribution in [2.75, 3.05) is 13.2 Å². The van der Waals surface area contributed by atoms with E-state index in [0.29, 0.717) is 0 Å². The molecule has 0 bridgehead atoms. The monoisotopic (exact) mass is 278 g/mol. The lowest BCUT2D eigenvalue weighted by Gasteiger charge is -2.13. The van der Waals surface area contributed by atoms with Crippen molar-refractivity contribution in [3.8, 4) is 12.1 Å². The number of nitrogens with zero attached hydrogens (tertiary/aromatic N) is 2. The summed E-state index contributed by atoms with van der Waals surface area (Å²) < 4.78 is 9.18. The van der Waals surface area contributed by atoms with Crippen LogP contribution in [0.2, 0.25) is 0 Å². The number of nitriles is 2. The minimum atomic E-state index is -1.65. The Hall–Kier alpha value is -2.74. The van der Waals surface area contributed by atoms with Crippen LogP contribution in [-0.4, -0.2) is 36.6 Å². The molecule has 2 N–H and O–H groups in total. The van der Waals surface area contributed by atoms with Gasteiger partial charge in [-0.15, -0.1) is 0 Å². The Morgan fingerprint density at radius 3 is 1.45 bits per heavy atom. The van der Waals surface area contributed by atoms with Crippen molar-refractivity contribution >= 4 is 23.4 Å². The number of carbonyl (C=O) groups is 2. The van der Waals surface area contributed by atoms with Crippen LogP contribution in [0.5, 0.6) is 0 Å². The molecule has 2 atom stereocenters. The molecule has 8 nitrogen and oxygen atoms in total. The molecular weight excluding hydrogens is 264 g/mol. The van der Waals surface area contributed by atoms with Crippen molar-refractivity contribution in [3.05, 3.63) is 0 Å².